The van der Waals surface area contributed by atoms with E-state index in [1.807, 2.05) is 0 Å². The van der Waals surface area contributed by atoms with E-state index in [0.29, 0.717) is 4.60 Å². The number of nitrogens with zero attached hydrogens (tertiary/aromatic N) is 1. The van der Waals surface area contributed by atoms with E-state index in [1.165, 1.54) is 0 Å². The van der Waals surface area contributed by atoms with Crippen LogP contribution in [0.5, 0.6) is 0 Å². The molecule has 0 bridgehead atoms. The van der Waals surface area contributed by atoms with Crippen LogP contribution in [0.3, 0.4) is 0 Å². The number of pyridine rings is 1. The normalized spacial score (nSPS) is 16.3. The lowest BCUT2D eigenvalue weighted by Gasteiger charge is -2.12. The van der Waals surface area contributed by atoms with Crippen LogP contribution in [0.15, 0.2) is 22.8 Å². The smallest absolute Gasteiger partial charge is 0.326 e. The summed E-state index contributed by atoms with van der Waals surface area (Å²) in [6.07, 6.45) is 1.70. The fraction of sp³-hybridized carbons (Fsp3) is 0.364. The summed E-state index contributed by atoms with van der Waals surface area (Å²) in [6.45, 7) is 0. The Bertz CT molecular complexity index is 460. The van der Waals surface area contributed by atoms with Gasteiger partial charge in [-0.3, -0.25) is 4.79 Å². The standard InChI is InChI=1S/C11H11BrN2O3/c12-8-3-1-2-7(13-8)10(15)14-9(11(16)17)6-4-5-6/h1-3,6,9H,4-5H2,(H,14,15)(H,16,17). The molecule has 90 valence electrons. The molecule has 1 aliphatic rings. The Balaban J connectivity index is 2.07. The fourth-order valence-electron chi connectivity index (χ4n) is 1.56. The molecule has 0 saturated heterocycles. The number of carbonyl (C=O) groups excluding carboxylic acids is 1. The third-order valence-corrected chi connectivity index (χ3v) is 3.04. The molecular weight excluding hydrogens is 288 g/mol. The molecule has 1 fully saturated rings. The number of hydrogen-bond donors (Lipinski definition) is 2. The van der Waals surface area contributed by atoms with Crippen LogP contribution < -0.4 is 5.32 Å². The van der Waals surface area contributed by atoms with Crippen LogP contribution in [-0.2, 0) is 4.79 Å². The SMILES string of the molecule is O=C(NC(C(=O)O)C1CC1)c1cccc(Br)n1. The highest BCUT2D eigenvalue weighted by Crippen LogP contribution is 2.32. The Morgan fingerprint density at radius 3 is 2.71 bits per heavy atom. The third kappa shape index (κ3) is 3.03. The first-order valence-electron chi connectivity index (χ1n) is 5.24. The minimum absolute atomic E-state index is 0.0589. The summed E-state index contributed by atoms with van der Waals surface area (Å²) in [5.74, 6) is -1.38. The number of hydrogen-bond acceptors (Lipinski definition) is 3. The quantitative estimate of drug-likeness (QED) is 0.824. The van der Waals surface area contributed by atoms with Crippen LogP contribution in [0.2, 0.25) is 0 Å². The molecule has 1 amide bonds. The molecule has 6 heteroatoms. The van der Waals surface area contributed by atoms with E-state index in [1.54, 1.807) is 18.2 Å². The van der Waals surface area contributed by atoms with Crippen molar-refractivity contribution in [3.05, 3.63) is 28.5 Å². The summed E-state index contributed by atoms with van der Waals surface area (Å²) in [5, 5.41) is 11.5. The van der Waals surface area contributed by atoms with Crippen molar-refractivity contribution in [3.63, 3.8) is 0 Å². The number of carboxylic acid groups (broad SMARTS) is 1. The van der Waals surface area contributed by atoms with Gasteiger partial charge in [0, 0.05) is 0 Å². The first-order valence-corrected chi connectivity index (χ1v) is 6.03. The molecule has 5 nitrogen and oxygen atoms in total. The van der Waals surface area contributed by atoms with Crippen molar-refractivity contribution in [2.45, 2.75) is 18.9 Å². The van der Waals surface area contributed by atoms with Gasteiger partial charge in [-0.15, -0.1) is 0 Å². The average molecular weight is 299 g/mol. The zero-order valence-corrected chi connectivity index (χ0v) is 10.5. The van der Waals surface area contributed by atoms with Crippen LogP contribution in [0.1, 0.15) is 23.3 Å². The predicted molar refractivity (Wildman–Crippen MR) is 63.6 cm³/mol. The fourth-order valence-corrected chi connectivity index (χ4v) is 1.90. The van der Waals surface area contributed by atoms with Gasteiger partial charge in [0.2, 0.25) is 0 Å². The first kappa shape index (κ1) is 12.0. The maximum absolute atomic E-state index is 11.8. The van der Waals surface area contributed by atoms with Crippen LogP contribution in [0.4, 0.5) is 0 Å². The Kier molecular flexibility index (Phi) is 3.42. The van der Waals surface area contributed by atoms with Gasteiger partial charge in [-0.1, -0.05) is 6.07 Å². The van der Waals surface area contributed by atoms with Gasteiger partial charge in [-0.25, -0.2) is 9.78 Å². The van der Waals surface area contributed by atoms with Gasteiger partial charge in [0.1, 0.15) is 16.3 Å². The largest absolute Gasteiger partial charge is 0.480 e. The van der Waals surface area contributed by atoms with Gasteiger partial charge < -0.3 is 10.4 Å². The number of carbonyl (C=O) groups is 2. The van der Waals surface area contributed by atoms with Crippen molar-refractivity contribution in [3.8, 4) is 0 Å². The first-order chi connectivity index (χ1) is 8.08. The number of carboxylic acids is 1. The number of aliphatic carboxylic acids is 1. The van der Waals surface area contributed by atoms with Gasteiger partial charge in [0.05, 0.1) is 0 Å². The van der Waals surface area contributed by atoms with Crippen LogP contribution in [-0.4, -0.2) is 28.0 Å². The highest BCUT2D eigenvalue weighted by molar-refractivity contribution is 9.10. The van der Waals surface area contributed by atoms with E-state index in [4.69, 9.17) is 5.11 Å². The van der Waals surface area contributed by atoms with Crippen molar-refractivity contribution in [1.82, 2.24) is 10.3 Å². The monoisotopic (exact) mass is 298 g/mol. The van der Waals surface area contributed by atoms with Gasteiger partial charge >= 0.3 is 5.97 Å². The van der Waals surface area contributed by atoms with E-state index in [0.717, 1.165) is 12.8 Å². The summed E-state index contributed by atoms with van der Waals surface area (Å²) in [4.78, 5) is 26.7. The second-order valence-electron chi connectivity index (χ2n) is 3.97. The minimum Gasteiger partial charge on any atom is -0.480 e. The van der Waals surface area contributed by atoms with E-state index >= 15 is 0 Å². The topological polar surface area (TPSA) is 79.3 Å². The lowest BCUT2D eigenvalue weighted by Crippen LogP contribution is -2.42. The van der Waals surface area contributed by atoms with Crippen LogP contribution >= 0.6 is 15.9 Å². The van der Waals surface area contributed by atoms with Crippen LogP contribution in [0, 0.1) is 5.92 Å². The number of nitrogens with one attached hydrogen (secondary N) is 1. The molecule has 1 aromatic heterocycles. The number of amides is 1. The zero-order chi connectivity index (χ0) is 12.4. The lowest BCUT2D eigenvalue weighted by atomic mass is 10.2. The highest BCUT2D eigenvalue weighted by atomic mass is 79.9. The maximum atomic E-state index is 11.8. The van der Waals surface area contributed by atoms with Crippen molar-refractivity contribution in [1.29, 1.82) is 0 Å². The van der Waals surface area contributed by atoms with Gasteiger partial charge in [-0.05, 0) is 46.8 Å². The lowest BCUT2D eigenvalue weighted by molar-refractivity contribution is -0.139. The molecule has 0 spiro atoms. The summed E-state index contributed by atoms with van der Waals surface area (Å²) in [7, 11) is 0. The van der Waals surface area contributed by atoms with Gasteiger partial charge in [-0.2, -0.15) is 0 Å². The zero-order valence-electron chi connectivity index (χ0n) is 8.89. The number of rotatable bonds is 4. The van der Waals surface area contributed by atoms with Crippen molar-refractivity contribution < 1.29 is 14.7 Å². The second-order valence-corrected chi connectivity index (χ2v) is 4.78. The predicted octanol–water partition coefficient (Wildman–Crippen LogP) is 1.44. The molecule has 0 radical (unpaired) electrons. The molecule has 0 aromatic carbocycles. The molecule has 2 rings (SSSR count). The Hall–Kier alpha value is -1.43. The molecule has 1 heterocycles. The van der Waals surface area contributed by atoms with E-state index < -0.39 is 17.9 Å². The summed E-state index contributed by atoms with van der Waals surface area (Å²) in [5.41, 5.74) is 0.214. The van der Waals surface area contributed by atoms with Gasteiger partial charge in [0.15, 0.2) is 0 Å². The van der Waals surface area contributed by atoms with E-state index in [-0.39, 0.29) is 11.6 Å². The van der Waals surface area contributed by atoms with Crippen LogP contribution in [0.25, 0.3) is 0 Å². The Labute approximate surface area is 106 Å². The van der Waals surface area contributed by atoms with Crippen molar-refractivity contribution in [2.75, 3.05) is 0 Å². The number of halogens is 1. The summed E-state index contributed by atoms with van der Waals surface area (Å²) >= 11 is 3.16. The maximum Gasteiger partial charge on any atom is 0.326 e. The molecule has 0 aliphatic heterocycles. The van der Waals surface area contributed by atoms with Crippen molar-refractivity contribution >= 4 is 27.8 Å². The minimum atomic E-state index is -0.990. The molecular formula is C11H11BrN2O3. The van der Waals surface area contributed by atoms with Gasteiger partial charge in [0.25, 0.3) is 5.91 Å². The van der Waals surface area contributed by atoms with Crippen molar-refractivity contribution in [2.24, 2.45) is 5.92 Å². The van der Waals surface area contributed by atoms with E-state index in [9.17, 15) is 9.59 Å². The Morgan fingerprint density at radius 2 is 2.18 bits per heavy atom. The molecule has 1 unspecified atom stereocenters. The summed E-state index contributed by atoms with van der Waals surface area (Å²) in [6, 6.07) is 4.13. The average Bonchev–Trinajstić information content (AvgIpc) is 3.09. The number of aromatic nitrogens is 1. The Morgan fingerprint density at radius 1 is 1.47 bits per heavy atom. The molecule has 1 atom stereocenters. The molecule has 1 aliphatic carbocycles. The second kappa shape index (κ2) is 4.83. The summed E-state index contributed by atoms with van der Waals surface area (Å²) < 4.78 is 0.545. The molecule has 1 saturated carbocycles. The third-order valence-electron chi connectivity index (χ3n) is 2.59. The highest BCUT2D eigenvalue weighted by Gasteiger charge is 2.37. The molecule has 17 heavy (non-hydrogen) atoms. The van der Waals surface area contributed by atoms with E-state index in [2.05, 4.69) is 26.2 Å². The molecule has 1 aromatic rings. The molecule has 2 N–H and O–H groups in total.